The van der Waals surface area contributed by atoms with Crippen LogP contribution in [0.3, 0.4) is 0 Å². The van der Waals surface area contributed by atoms with Gasteiger partial charge in [-0.1, -0.05) is 12.1 Å². The van der Waals surface area contributed by atoms with Crippen LogP contribution in [-0.4, -0.2) is 36.9 Å². The lowest BCUT2D eigenvalue weighted by Gasteiger charge is -2.14. The number of hydrogen-bond donors (Lipinski definition) is 2. The number of aromatic amines is 1. The lowest BCUT2D eigenvalue weighted by Crippen LogP contribution is -2.35. The zero-order valence-corrected chi connectivity index (χ0v) is 14.6. The molecule has 0 unspecified atom stereocenters. The molecule has 0 aliphatic heterocycles. The molecule has 2 N–H and O–H groups in total. The highest BCUT2D eigenvalue weighted by Gasteiger charge is 2.37. The molecule has 1 aromatic carbocycles. The molecule has 0 aliphatic rings. The van der Waals surface area contributed by atoms with Gasteiger partial charge in [0.2, 0.25) is 0 Å². The van der Waals surface area contributed by atoms with Crippen molar-refractivity contribution in [2.45, 2.75) is 32.6 Å². The lowest BCUT2D eigenvalue weighted by atomic mass is 10.0. The first-order valence-corrected chi connectivity index (χ1v) is 8.11. The van der Waals surface area contributed by atoms with Crippen LogP contribution in [0.25, 0.3) is 11.1 Å². The number of H-pyrrole nitrogens is 1. The van der Waals surface area contributed by atoms with Crippen molar-refractivity contribution in [1.29, 1.82) is 0 Å². The van der Waals surface area contributed by atoms with Gasteiger partial charge in [0, 0.05) is 22.9 Å². The molecule has 0 aliphatic carbocycles. The van der Waals surface area contributed by atoms with E-state index in [1.54, 1.807) is 23.7 Å². The number of aryl methyl sites for hydroxylation is 1. The predicted octanol–water partition coefficient (Wildman–Crippen LogP) is 2.81. The summed E-state index contributed by atoms with van der Waals surface area (Å²) >= 11 is 0. The number of rotatable bonds is 5. The van der Waals surface area contributed by atoms with E-state index in [2.05, 4.69) is 25.6 Å². The highest BCUT2D eigenvalue weighted by atomic mass is 19.4. The molecular formula is C17H17F3N6O. The Bertz CT molecular complexity index is 933. The zero-order valence-electron chi connectivity index (χ0n) is 14.6. The molecule has 0 radical (unpaired) electrons. The second kappa shape index (κ2) is 7.22. The zero-order chi connectivity index (χ0) is 19.6. The first kappa shape index (κ1) is 18.6. The van der Waals surface area contributed by atoms with Gasteiger partial charge in [0.15, 0.2) is 5.69 Å². The van der Waals surface area contributed by atoms with Gasteiger partial charge >= 0.3 is 6.18 Å². The van der Waals surface area contributed by atoms with E-state index in [9.17, 15) is 18.0 Å². The molecule has 0 spiro atoms. The van der Waals surface area contributed by atoms with E-state index in [4.69, 9.17) is 0 Å². The monoisotopic (exact) mass is 378 g/mol. The molecule has 2 aromatic heterocycles. The third-order valence-electron chi connectivity index (χ3n) is 3.93. The molecule has 142 valence electrons. The predicted molar refractivity (Wildman–Crippen MR) is 90.7 cm³/mol. The molecule has 27 heavy (non-hydrogen) atoms. The fourth-order valence-corrected chi connectivity index (χ4v) is 2.76. The summed E-state index contributed by atoms with van der Waals surface area (Å²) in [6.45, 7) is 3.72. The summed E-state index contributed by atoms with van der Waals surface area (Å²) in [6, 6.07) is 5.78. The first-order valence-electron chi connectivity index (χ1n) is 8.11. The summed E-state index contributed by atoms with van der Waals surface area (Å²) in [5.41, 5.74) is -0.263. The number of carbonyl (C=O) groups excluding carboxylic acids is 1. The summed E-state index contributed by atoms with van der Waals surface area (Å²) in [7, 11) is 0. The fourth-order valence-electron chi connectivity index (χ4n) is 2.76. The highest BCUT2D eigenvalue weighted by molar-refractivity contribution is 5.95. The van der Waals surface area contributed by atoms with Gasteiger partial charge < -0.3 is 5.32 Å². The molecule has 0 saturated heterocycles. The Labute approximate surface area is 152 Å². The molecule has 3 aromatic rings. The van der Waals surface area contributed by atoms with Crippen LogP contribution in [0.15, 0.2) is 36.9 Å². The van der Waals surface area contributed by atoms with Crippen LogP contribution >= 0.6 is 0 Å². The minimum absolute atomic E-state index is 0.0622. The quantitative estimate of drug-likeness (QED) is 0.715. The number of hydrogen-bond acceptors (Lipinski definition) is 4. The van der Waals surface area contributed by atoms with Crippen molar-refractivity contribution in [3.05, 3.63) is 53.9 Å². The van der Waals surface area contributed by atoms with Crippen LogP contribution in [0.1, 0.15) is 28.7 Å². The van der Waals surface area contributed by atoms with Gasteiger partial charge in [-0.15, -0.1) is 0 Å². The standard InChI is InChI=1S/C17H17F3N6O/c1-10(7-26-9-21-8-22-26)23-16(27)13-5-3-4-12(6-13)14-11(2)24-25-15(14)17(18,19)20/h3-6,8-10H,7H2,1-2H3,(H,23,27)(H,24,25)/t10-/m0/s1. The summed E-state index contributed by atoms with van der Waals surface area (Å²) in [5.74, 6) is -0.390. The lowest BCUT2D eigenvalue weighted by molar-refractivity contribution is -0.140. The van der Waals surface area contributed by atoms with Crippen molar-refractivity contribution >= 4 is 5.91 Å². The minimum atomic E-state index is -4.59. The number of aromatic nitrogens is 5. The van der Waals surface area contributed by atoms with E-state index >= 15 is 0 Å². The molecule has 10 heteroatoms. The largest absolute Gasteiger partial charge is 0.435 e. The average molecular weight is 378 g/mol. The molecule has 0 fully saturated rings. The van der Waals surface area contributed by atoms with E-state index in [1.165, 1.54) is 31.7 Å². The van der Waals surface area contributed by atoms with Crippen LogP contribution < -0.4 is 5.32 Å². The third kappa shape index (κ3) is 4.15. The SMILES string of the molecule is Cc1[nH]nc(C(F)(F)F)c1-c1cccc(C(=O)N[C@@H](C)Cn2cncn2)c1. The molecule has 1 atom stereocenters. The van der Waals surface area contributed by atoms with Gasteiger partial charge in [-0.3, -0.25) is 14.6 Å². The van der Waals surface area contributed by atoms with Crippen molar-refractivity contribution in [2.24, 2.45) is 0 Å². The number of amides is 1. The van der Waals surface area contributed by atoms with E-state index in [-0.39, 0.29) is 34.3 Å². The summed E-state index contributed by atoms with van der Waals surface area (Å²) in [4.78, 5) is 16.3. The number of carbonyl (C=O) groups is 1. The van der Waals surface area contributed by atoms with Crippen molar-refractivity contribution < 1.29 is 18.0 Å². The molecule has 0 saturated carbocycles. The Morgan fingerprint density at radius 1 is 1.37 bits per heavy atom. The normalized spacial score (nSPS) is 12.8. The average Bonchev–Trinajstić information content (AvgIpc) is 3.23. The van der Waals surface area contributed by atoms with Gasteiger partial charge in [0.1, 0.15) is 12.7 Å². The molecular weight excluding hydrogens is 361 g/mol. The second-order valence-electron chi connectivity index (χ2n) is 6.14. The molecule has 2 heterocycles. The number of halogens is 3. The maximum Gasteiger partial charge on any atom is 0.435 e. The first-order chi connectivity index (χ1) is 12.8. The molecule has 0 bridgehead atoms. The van der Waals surface area contributed by atoms with Gasteiger partial charge in [-0.2, -0.15) is 23.4 Å². The van der Waals surface area contributed by atoms with Gasteiger partial charge in [0.05, 0.1) is 6.54 Å². The second-order valence-corrected chi connectivity index (χ2v) is 6.14. The summed E-state index contributed by atoms with van der Waals surface area (Å²) in [6.07, 6.45) is -1.67. The Hall–Kier alpha value is -3.17. The van der Waals surface area contributed by atoms with Crippen molar-refractivity contribution in [3.63, 3.8) is 0 Å². The Morgan fingerprint density at radius 2 is 2.15 bits per heavy atom. The summed E-state index contributed by atoms with van der Waals surface area (Å²) in [5, 5.41) is 12.5. The highest BCUT2D eigenvalue weighted by Crippen LogP contribution is 2.37. The van der Waals surface area contributed by atoms with E-state index in [0.29, 0.717) is 6.54 Å². The Morgan fingerprint density at radius 3 is 2.81 bits per heavy atom. The van der Waals surface area contributed by atoms with Gasteiger partial charge in [-0.25, -0.2) is 4.98 Å². The molecule has 7 nitrogen and oxygen atoms in total. The van der Waals surface area contributed by atoms with Gasteiger partial charge in [-0.05, 0) is 31.5 Å². The van der Waals surface area contributed by atoms with Gasteiger partial charge in [0.25, 0.3) is 5.91 Å². The fraction of sp³-hybridized carbons (Fsp3) is 0.294. The number of nitrogens with zero attached hydrogens (tertiary/aromatic N) is 4. The number of alkyl halides is 3. The van der Waals surface area contributed by atoms with Crippen LogP contribution in [0.5, 0.6) is 0 Å². The van der Waals surface area contributed by atoms with Crippen molar-refractivity contribution in [3.8, 4) is 11.1 Å². The summed E-state index contributed by atoms with van der Waals surface area (Å²) < 4.78 is 41.1. The van der Waals surface area contributed by atoms with E-state index < -0.39 is 11.9 Å². The van der Waals surface area contributed by atoms with E-state index in [1.807, 2.05) is 0 Å². The van der Waals surface area contributed by atoms with Crippen molar-refractivity contribution in [2.75, 3.05) is 0 Å². The Kier molecular flexibility index (Phi) is 4.98. The number of benzene rings is 1. The number of nitrogens with one attached hydrogen (secondary N) is 2. The maximum absolute atomic E-state index is 13.2. The molecule has 1 amide bonds. The van der Waals surface area contributed by atoms with Crippen LogP contribution in [-0.2, 0) is 12.7 Å². The third-order valence-corrected chi connectivity index (χ3v) is 3.93. The van der Waals surface area contributed by atoms with Crippen molar-refractivity contribution in [1.82, 2.24) is 30.3 Å². The maximum atomic E-state index is 13.2. The Balaban J connectivity index is 1.82. The van der Waals surface area contributed by atoms with E-state index in [0.717, 1.165) is 0 Å². The van der Waals surface area contributed by atoms with Crippen LogP contribution in [0.4, 0.5) is 13.2 Å². The topological polar surface area (TPSA) is 88.5 Å². The molecule has 3 rings (SSSR count). The smallest absolute Gasteiger partial charge is 0.348 e. The van der Waals surface area contributed by atoms with Crippen LogP contribution in [0.2, 0.25) is 0 Å². The minimum Gasteiger partial charge on any atom is -0.348 e. The van der Waals surface area contributed by atoms with Crippen LogP contribution in [0, 0.1) is 6.92 Å².